The molecule has 0 saturated heterocycles. The predicted molar refractivity (Wildman–Crippen MR) is 33.5 cm³/mol. The predicted octanol–water partition coefficient (Wildman–Crippen LogP) is 1.11. The lowest BCUT2D eigenvalue weighted by atomic mass is 10.1. The average Bonchev–Trinajstić information content (AvgIpc) is 2.14. The van der Waals surface area contributed by atoms with Crippen LogP contribution < -0.4 is 0 Å². The first-order valence-electron chi connectivity index (χ1n) is 2.82. The lowest BCUT2D eigenvalue weighted by molar-refractivity contribution is 0.216. The third-order valence-electron chi connectivity index (χ3n) is 1.40. The molecular formula is C7H10O. The van der Waals surface area contributed by atoms with Crippen molar-refractivity contribution in [1.82, 2.24) is 0 Å². The van der Waals surface area contributed by atoms with E-state index in [1.54, 1.807) is 0 Å². The molecule has 1 rings (SSSR count). The van der Waals surface area contributed by atoms with Crippen molar-refractivity contribution in [3.63, 3.8) is 0 Å². The zero-order valence-electron chi connectivity index (χ0n) is 4.75. The smallest absolute Gasteiger partial charge is 0.0729 e. The molecule has 44 valence electrons. The summed E-state index contributed by atoms with van der Waals surface area (Å²) >= 11 is 0. The maximum Gasteiger partial charge on any atom is 0.0729 e. The molecule has 1 heteroatoms. The minimum atomic E-state index is -0.224. The first-order chi connectivity index (χ1) is 3.83. The van der Waals surface area contributed by atoms with E-state index in [0.29, 0.717) is 5.92 Å². The Morgan fingerprint density at radius 3 is 2.62 bits per heavy atom. The van der Waals surface area contributed by atoms with Crippen LogP contribution in [0, 0.1) is 5.92 Å². The maximum atomic E-state index is 8.90. The number of aliphatic hydroxyl groups is 1. The van der Waals surface area contributed by atoms with Gasteiger partial charge < -0.3 is 5.11 Å². The van der Waals surface area contributed by atoms with Crippen molar-refractivity contribution in [1.29, 1.82) is 0 Å². The van der Waals surface area contributed by atoms with Gasteiger partial charge in [-0.1, -0.05) is 18.2 Å². The summed E-state index contributed by atoms with van der Waals surface area (Å²) in [5, 5.41) is 8.90. The second-order valence-electron chi connectivity index (χ2n) is 2.09. The lowest BCUT2D eigenvalue weighted by Gasteiger charge is -1.98. The van der Waals surface area contributed by atoms with Gasteiger partial charge in [-0.25, -0.2) is 0 Å². The zero-order chi connectivity index (χ0) is 5.98. The monoisotopic (exact) mass is 110 g/mol. The van der Waals surface area contributed by atoms with Crippen molar-refractivity contribution in [2.75, 3.05) is 0 Å². The van der Waals surface area contributed by atoms with E-state index in [1.807, 2.05) is 18.2 Å². The highest BCUT2D eigenvalue weighted by atomic mass is 16.3. The summed E-state index contributed by atoms with van der Waals surface area (Å²) < 4.78 is 0. The number of aliphatic hydroxyl groups excluding tert-OH is 1. The van der Waals surface area contributed by atoms with E-state index in [0.717, 1.165) is 6.42 Å². The molecule has 1 nitrogen and oxygen atoms in total. The van der Waals surface area contributed by atoms with Crippen molar-refractivity contribution < 1.29 is 5.11 Å². The highest BCUT2D eigenvalue weighted by Gasteiger charge is 2.11. The number of hydrogen-bond donors (Lipinski definition) is 1. The van der Waals surface area contributed by atoms with Gasteiger partial charge in [0.25, 0.3) is 0 Å². The largest absolute Gasteiger partial charge is 0.389 e. The molecule has 2 unspecified atom stereocenters. The molecule has 0 aliphatic heterocycles. The summed E-state index contributed by atoms with van der Waals surface area (Å²) in [4.78, 5) is 0. The maximum absolute atomic E-state index is 8.90. The van der Waals surface area contributed by atoms with E-state index in [1.165, 1.54) is 0 Å². The van der Waals surface area contributed by atoms with Crippen LogP contribution in [0.25, 0.3) is 0 Å². The minimum Gasteiger partial charge on any atom is -0.389 e. The summed E-state index contributed by atoms with van der Waals surface area (Å²) in [6.07, 6.45) is 6.25. The molecule has 0 heterocycles. The van der Waals surface area contributed by atoms with Crippen molar-refractivity contribution in [2.24, 2.45) is 5.92 Å². The molecule has 1 N–H and O–H groups in total. The van der Waals surface area contributed by atoms with Crippen LogP contribution in [-0.4, -0.2) is 11.2 Å². The standard InChI is InChI=1S/C7H10O/c1-2-6-3-4-7(8)5-6/h2-4,6-8H,1,5H2. The fourth-order valence-electron chi connectivity index (χ4n) is 0.882. The van der Waals surface area contributed by atoms with E-state index < -0.39 is 0 Å². The van der Waals surface area contributed by atoms with Crippen molar-refractivity contribution in [3.8, 4) is 0 Å². The first-order valence-corrected chi connectivity index (χ1v) is 2.82. The van der Waals surface area contributed by atoms with Gasteiger partial charge in [-0.3, -0.25) is 0 Å². The van der Waals surface area contributed by atoms with Gasteiger partial charge in [-0.05, 0) is 12.3 Å². The van der Waals surface area contributed by atoms with E-state index in [9.17, 15) is 0 Å². The second kappa shape index (κ2) is 2.14. The van der Waals surface area contributed by atoms with Gasteiger partial charge in [0.05, 0.1) is 6.10 Å². The summed E-state index contributed by atoms with van der Waals surface area (Å²) in [7, 11) is 0. The number of rotatable bonds is 1. The molecule has 8 heavy (non-hydrogen) atoms. The molecule has 2 atom stereocenters. The molecule has 0 aromatic carbocycles. The Kier molecular flexibility index (Phi) is 1.49. The first kappa shape index (κ1) is 5.57. The Morgan fingerprint density at radius 1 is 1.62 bits per heavy atom. The second-order valence-corrected chi connectivity index (χ2v) is 2.09. The van der Waals surface area contributed by atoms with Crippen LogP contribution in [-0.2, 0) is 0 Å². The van der Waals surface area contributed by atoms with Crippen molar-refractivity contribution in [3.05, 3.63) is 24.8 Å². The average molecular weight is 110 g/mol. The zero-order valence-corrected chi connectivity index (χ0v) is 4.75. The van der Waals surface area contributed by atoms with Gasteiger partial charge in [0.1, 0.15) is 0 Å². The van der Waals surface area contributed by atoms with Crippen LogP contribution in [0.1, 0.15) is 6.42 Å². The van der Waals surface area contributed by atoms with Crippen LogP contribution in [0.4, 0.5) is 0 Å². The fourth-order valence-corrected chi connectivity index (χ4v) is 0.882. The van der Waals surface area contributed by atoms with Gasteiger partial charge in [-0.15, -0.1) is 6.58 Å². The van der Waals surface area contributed by atoms with E-state index in [-0.39, 0.29) is 6.10 Å². The SMILES string of the molecule is C=CC1C=CC(O)C1. The Labute approximate surface area is 49.3 Å². The quantitative estimate of drug-likeness (QED) is 0.501. The third-order valence-corrected chi connectivity index (χ3v) is 1.40. The number of allylic oxidation sites excluding steroid dienone is 2. The normalized spacial score (nSPS) is 35.6. The highest BCUT2D eigenvalue weighted by molar-refractivity contribution is 5.07. The molecular weight excluding hydrogens is 100 g/mol. The molecule has 0 bridgehead atoms. The highest BCUT2D eigenvalue weighted by Crippen LogP contribution is 2.17. The summed E-state index contributed by atoms with van der Waals surface area (Å²) in [5.41, 5.74) is 0. The topological polar surface area (TPSA) is 20.2 Å². The molecule has 0 radical (unpaired) electrons. The van der Waals surface area contributed by atoms with Crippen molar-refractivity contribution >= 4 is 0 Å². The Balaban J connectivity index is 2.45. The molecule has 0 aromatic rings. The molecule has 0 fully saturated rings. The van der Waals surface area contributed by atoms with E-state index in [4.69, 9.17) is 5.11 Å². The van der Waals surface area contributed by atoms with Gasteiger partial charge in [0.2, 0.25) is 0 Å². The summed E-state index contributed by atoms with van der Waals surface area (Å²) in [6, 6.07) is 0. The summed E-state index contributed by atoms with van der Waals surface area (Å²) in [5.74, 6) is 0.407. The summed E-state index contributed by atoms with van der Waals surface area (Å²) in [6.45, 7) is 3.61. The van der Waals surface area contributed by atoms with E-state index >= 15 is 0 Å². The van der Waals surface area contributed by atoms with Crippen molar-refractivity contribution in [2.45, 2.75) is 12.5 Å². The Hall–Kier alpha value is -0.560. The van der Waals surface area contributed by atoms with Crippen LogP contribution in [0.15, 0.2) is 24.8 Å². The van der Waals surface area contributed by atoms with Crippen LogP contribution in [0.2, 0.25) is 0 Å². The molecule has 0 aromatic heterocycles. The van der Waals surface area contributed by atoms with Crippen LogP contribution >= 0.6 is 0 Å². The molecule has 1 aliphatic rings. The Morgan fingerprint density at radius 2 is 2.38 bits per heavy atom. The number of hydrogen-bond acceptors (Lipinski definition) is 1. The fraction of sp³-hybridized carbons (Fsp3) is 0.429. The lowest BCUT2D eigenvalue weighted by Crippen LogP contribution is -1.98. The molecule has 0 spiro atoms. The van der Waals surface area contributed by atoms with Gasteiger partial charge in [0, 0.05) is 0 Å². The molecule has 1 aliphatic carbocycles. The van der Waals surface area contributed by atoms with Gasteiger partial charge in [0.15, 0.2) is 0 Å². The Bertz CT molecular complexity index is 116. The van der Waals surface area contributed by atoms with Crippen LogP contribution in [0.5, 0.6) is 0 Å². The van der Waals surface area contributed by atoms with Crippen LogP contribution in [0.3, 0.4) is 0 Å². The molecule has 0 amide bonds. The van der Waals surface area contributed by atoms with Gasteiger partial charge in [-0.2, -0.15) is 0 Å². The minimum absolute atomic E-state index is 0.224. The van der Waals surface area contributed by atoms with Gasteiger partial charge >= 0.3 is 0 Å². The molecule has 0 saturated carbocycles. The third kappa shape index (κ3) is 0.984. The van der Waals surface area contributed by atoms with E-state index in [2.05, 4.69) is 6.58 Å².